The summed E-state index contributed by atoms with van der Waals surface area (Å²) in [7, 11) is 0. The molecule has 1 aromatic carbocycles. The minimum absolute atomic E-state index is 0.0197. The fourth-order valence-electron chi connectivity index (χ4n) is 4.47. The number of benzene rings is 1. The van der Waals surface area contributed by atoms with E-state index >= 15 is 0 Å². The predicted molar refractivity (Wildman–Crippen MR) is 92.2 cm³/mol. The highest BCUT2D eigenvalue weighted by molar-refractivity contribution is 5.80. The molecule has 1 saturated carbocycles. The van der Waals surface area contributed by atoms with Gasteiger partial charge in [-0.3, -0.25) is 4.79 Å². The zero-order valence-electron chi connectivity index (χ0n) is 14.6. The first-order valence-corrected chi connectivity index (χ1v) is 8.93. The molecule has 3 rings (SSSR count). The van der Waals surface area contributed by atoms with Crippen LogP contribution in [0.3, 0.4) is 0 Å². The maximum Gasteiger partial charge on any atom is 0.228 e. The van der Waals surface area contributed by atoms with Crippen LogP contribution in [0.25, 0.3) is 0 Å². The molecule has 0 radical (unpaired) electrons. The van der Waals surface area contributed by atoms with E-state index in [0.29, 0.717) is 5.41 Å². The van der Waals surface area contributed by atoms with Crippen LogP contribution in [0.15, 0.2) is 18.2 Å². The van der Waals surface area contributed by atoms with Crippen LogP contribution in [0, 0.1) is 31.1 Å². The molecule has 0 aromatic heterocycles. The van der Waals surface area contributed by atoms with Crippen molar-refractivity contribution in [1.82, 2.24) is 4.90 Å². The monoisotopic (exact) mass is 315 g/mol. The van der Waals surface area contributed by atoms with Crippen molar-refractivity contribution in [2.45, 2.75) is 46.5 Å². The Hall–Kier alpha value is -1.35. The van der Waals surface area contributed by atoms with Gasteiger partial charge in [-0.2, -0.15) is 0 Å². The number of aryl methyl sites for hydroxylation is 1. The Morgan fingerprint density at radius 3 is 2.65 bits per heavy atom. The van der Waals surface area contributed by atoms with Crippen molar-refractivity contribution in [2.75, 3.05) is 19.7 Å². The van der Waals surface area contributed by atoms with E-state index in [1.165, 1.54) is 36.0 Å². The van der Waals surface area contributed by atoms with Gasteiger partial charge in [-0.25, -0.2) is 0 Å². The Bertz CT molecular complexity index is 577. The molecular weight excluding hydrogens is 286 g/mol. The maximum atomic E-state index is 12.2. The van der Waals surface area contributed by atoms with E-state index in [1.54, 1.807) is 0 Å². The largest absolute Gasteiger partial charge is 0.396 e. The van der Waals surface area contributed by atoms with E-state index in [4.69, 9.17) is 0 Å². The first kappa shape index (κ1) is 16.5. The number of nitrogens with zero attached hydrogens (tertiary/aromatic N) is 1. The summed E-state index contributed by atoms with van der Waals surface area (Å²) in [4.78, 5) is 14.2. The Morgan fingerprint density at radius 2 is 2.04 bits per heavy atom. The van der Waals surface area contributed by atoms with Crippen molar-refractivity contribution in [3.63, 3.8) is 0 Å². The number of aliphatic hydroxyl groups is 1. The van der Waals surface area contributed by atoms with Crippen molar-refractivity contribution in [1.29, 1.82) is 0 Å². The van der Waals surface area contributed by atoms with E-state index in [-0.39, 0.29) is 18.4 Å². The molecule has 1 aliphatic carbocycles. The van der Waals surface area contributed by atoms with Gasteiger partial charge in [0.05, 0.1) is 12.5 Å². The minimum atomic E-state index is -0.196. The summed E-state index contributed by atoms with van der Waals surface area (Å²) in [6.45, 7) is 8.17. The summed E-state index contributed by atoms with van der Waals surface area (Å²) in [6.07, 6.45) is 4.41. The highest BCUT2D eigenvalue weighted by atomic mass is 16.3. The van der Waals surface area contributed by atoms with Gasteiger partial charge >= 0.3 is 0 Å². The predicted octanol–water partition coefficient (Wildman–Crippen LogP) is 3.10. The molecule has 3 nitrogen and oxygen atoms in total. The fraction of sp³-hybridized carbons (Fsp3) is 0.650. The number of carbonyl (C=O) groups is 1. The molecule has 3 heteroatoms. The van der Waals surface area contributed by atoms with Gasteiger partial charge in [-0.15, -0.1) is 0 Å². The number of amides is 1. The zero-order valence-corrected chi connectivity index (χ0v) is 14.6. The van der Waals surface area contributed by atoms with Crippen molar-refractivity contribution in [3.05, 3.63) is 34.9 Å². The van der Waals surface area contributed by atoms with Crippen LogP contribution >= 0.6 is 0 Å². The van der Waals surface area contributed by atoms with Gasteiger partial charge < -0.3 is 10.0 Å². The Labute approximate surface area is 139 Å². The van der Waals surface area contributed by atoms with E-state index in [1.807, 2.05) is 11.8 Å². The van der Waals surface area contributed by atoms with Gasteiger partial charge in [0.2, 0.25) is 5.91 Å². The third-order valence-corrected chi connectivity index (χ3v) is 6.10. The van der Waals surface area contributed by atoms with Crippen LogP contribution in [0.2, 0.25) is 0 Å². The standard InChI is InChI=1S/C20H29NO2/c1-4-17(11-22)19(23)21-12-20(13-21)9-16(10-20)8-18-7-5-6-14(2)15(18)3/h5-7,16-17,22H,4,8-13H2,1-3H3/t17-/m1/s1. The van der Waals surface area contributed by atoms with Crippen LogP contribution in [-0.2, 0) is 11.2 Å². The second-order valence-corrected chi connectivity index (χ2v) is 7.82. The quantitative estimate of drug-likeness (QED) is 0.907. The molecule has 2 aliphatic rings. The van der Waals surface area contributed by atoms with E-state index in [0.717, 1.165) is 25.4 Å². The Kier molecular flexibility index (Phi) is 4.50. The normalized spacial score (nSPS) is 21.0. The van der Waals surface area contributed by atoms with Crippen LogP contribution in [0.5, 0.6) is 0 Å². The molecule has 1 saturated heterocycles. The highest BCUT2D eigenvalue weighted by Crippen LogP contribution is 2.53. The molecule has 1 N–H and O–H groups in total. The van der Waals surface area contributed by atoms with Gasteiger partial charge in [0.1, 0.15) is 0 Å². The SMILES string of the molecule is CC[C@H](CO)C(=O)N1CC2(CC(Cc3cccc(C)c3C)C2)C1. The average molecular weight is 315 g/mol. The first-order chi connectivity index (χ1) is 11.0. The highest BCUT2D eigenvalue weighted by Gasteiger charge is 2.53. The smallest absolute Gasteiger partial charge is 0.228 e. The number of likely N-dealkylation sites (tertiary alicyclic amines) is 1. The molecule has 1 heterocycles. The number of hydrogen-bond donors (Lipinski definition) is 1. The molecule has 0 unspecified atom stereocenters. The average Bonchev–Trinajstić information content (AvgIpc) is 2.45. The molecule has 1 spiro atoms. The lowest BCUT2D eigenvalue weighted by atomic mass is 9.56. The maximum absolute atomic E-state index is 12.2. The second-order valence-electron chi connectivity index (χ2n) is 7.82. The van der Waals surface area contributed by atoms with Gasteiger partial charge in [0, 0.05) is 18.5 Å². The van der Waals surface area contributed by atoms with Crippen LogP contribution in [-0.4, -0.2) is 35.6 Å². The summed E-state index contributed by atoms with van der Waals surface area (Å²) < 4.78 is 0. The van der Waals surface area contributed by atoms with E-state index in [9.17, 15) is 9.90 Å². The summed E-state index contributed by atoms with van der Waals surface area (Å²) in [5.74, 6) is 0.726. The number of carbonyl (C=O) groups excluding carboxylic acids is 1. The molecule has 1 aromatic rings. The van der Waals surface area contributed by atoms with Gasteiger partial charge in [0.15, 0.2) is 0 Å². The zero-order chi connectivity index (χ0) is 16.6. The Balaban J connectivity index is 1.49. The minimum Gasteiger partial charge on any atom is -0.396 e. The Morgan fingerprint density at radius 1 is 1.35 bits per heavy atom. The van der Waals surface area contributed by atoms with E-state index < -0.39 is 0 Å². The molecule has 2 fully saturated rings. The molecule has 1 atom stereocenters. The summed E-state index contributed by atoms with van der Waals surface area (Å²) >= 11 is 0. The third kappa shape index (κ3) is 3.03. The van der Waals surface area contributed by atoms with Gasteiger partial charge in [-0.05, 0) is 62.1 Å². The van der Waals surface area contributed by atoms with Crippen molar-refractivity contribution < 1.29 is 9.90 Å². The summed E-state index contributed by atoms with van der Waals surface area (Å²) in [6, 6.07) is 6.61. The number of hydrogen-bond acceptors (Lipinski definition) is 2. The lowest BCUT2D eigenvalue weighted by Crippen LogP contribution is -2.64. The van der Waals surface area contributed by atoms with E-state index in [2.05, 4.69) is 32.0 Å². The van der Waals surface area contributed by atoms with Gasteiger partial charge in [0.25, 0.3) is 0 Å². The first-order valence-electron chi connectivity index (χ1n) is 8.93. The number of rotatable bonds is 5. The van der Waals surface area contributed by atoms with Crippen LogP contribution in [0.1, 0.15) is 42.9 Å². The van der Waals surface area contributed by atoms with Crippen molar-refractivity contribution in [2.24, 2.45) is 17.3 Å². The summed E-state index contributed by atoms with van der Waals surface area (Å²) in [5, 5.41) is 9.27. The van der Waals surface area contributed by atoms with Crippen molar-refractivity contribution in [3.8, 4) is 0 Å². The number of aliphatic hydroxyl groups excluding tert-OH is 1. The molecule has 0 bridgehead atoms. The third-order valence-electron chi connectivity index (χ3n) is 6.10. The molecule has 1 amide bonds. The molecule has 1 aliphatic heterocycles. The lowest BCUT2D eigenvalue weighted by molar-refractivity contribution is -0.160. The van der Waals surface area contributed by atoms with Crippen molar-refractivity contribution >= 4 is 5.91 Å². The molecular formula is C20H29NO2. The lowest BCUT2D eigenvalue weighted by Gasteiger charge is -2.59. The fourth-order valence-corrected chi connectivity index (χ4v) is 4.47. The topological polar surface area (TPSA) is 40.5 Å². The second kappa shape index (κ2) is 6.27. The molecule has 23 heavy (non-hydrogen) atoms. The van der Waals surface area contributed by atoms with Crippen LogP contribution < -0.4 is 0 Å². The van der Waals surface area contributed by atoms with Gasteiger partial charge in [-0.1, -0.05) is 25.1 Å². The molecule has 126 valence electrons. The summed E-state index contributed by atoms with van der Waals surface area (Å²) in [5.41, 5.74) is 4.70. The van der Waals surface area contributed by atoms with Crippen LogP contribution in [0.4, 0.5) is 0 Å².